The average Bonchev–Trinajstić information content (AvgIpc) is 2.35. The quantitative estimate of drug-likeness (QED) is 0.722. The fourth-order valence-electron chi connectivity index (χ4n) is 1.22. The monoisotopic (exact) mass is 262 g/mol. The zero-order chi connectivity index (χ0) is 12.7. The van der Waals surface area contributed by atoms with E-state index in [1.807, 2.05) is 0 Å². The van der Waals surface area contributed by atoms with Gasteiger partial charge < -0.3 is 0 Å². The van der Waals surface area contributed by atoms with Gasteiger partial charge in [0.2, 0.25) is 5.12 Å². The molecule has 1 nitrogen and oxygen atoms in total. The van der Waals surface area contributed by atoms with Crippen LogP contribution in [0.15, 0.2) is 30.3 Å². The minimum Gasteiger partial charge on any atom is -0.282 e. The molecule has 1 rings (SSSR count). The minimum atomic E-state index is -3.25. The van der Waals surface area contributed by atoms with Gasteiger partial charge in [0.1, 0.15) is 0 Å². The number of hydrogen-bond donors (Lipinski definition) is 0. The molecule has 0 aliphatic rings. The van der Waals surface area contributed by atoms with Crippen LogP contribution in [0.2, 0.25) is 0 Å². The van der Waals surface area contributed by atoms with Crippen LogP contribution >= 0.6 is 11.8 Å². The Bertz CT molecular complexity index is 354. The van der Waals surface area contributed by atoms with Crippen LogP contribution in [0.5, 0.6) is 0 Å². The summed E-state index contributed by atoms with van der Waals surface area (Å²) in [4.78, 5) is 11.5. The van der Waals surface area contributed by atoms with E-state index in [1.165, 1.54) is 0 Å². The smallest absolute Gasteiger partial charge is 0.275 e. The third-order valence-electron chi connectivity index (χ3n) is 2.13. The SMILES string of the molecule is O=C(SCCCC(F)(F)CF)c1ccccc1. The summed E-state index contributed by atoms with van der Waals surface area (Å²) in [7, 11) is 0. The van der Waals surface area contributed by atoms with Crippen LogP contribution in [0.1, 0.15) is 23.2 Å². The van der Waals surface area contributed by atoms with E-state index in [0.29, 0.717) is 5.56 Å². The van der Waals surface area contributed by atoms with Gasteiger partial charge in [-0.1, -0.05) is 42.1 Å². The molecule has 0 fully saturated rings. The Balaban J connectivity index is 2.26. The highest BCUT2D eigenvalue weighted by Gasteiger charge is 2.27. The van der Waals surface area contributed by atoms with Gasteiger partial charge in [-0.05, 0) is 6.42 Å². The largest absolute Gasteiger partial charge is 0.282 e. The van der Waals surface area contributed by atoms with Crippen molar-refractivity contribution in [1.82, 2.24) is 0 Å². The molecule has 1 aromatic rings. The Morgan fingerprint density at radius 2 is 1.88 bits per heavy atom. The van der Waals surface area contributed by atoms with Gasteiger partial charge in [0.25, 0.3) is 5.92 Å². The average molecular weight is 262 g/mol. The maximum Gasteiger partial charge on any atom is 0.275 e. The van der Waals surface area contributed by atoms with E-state index in [9.17, 15) is 18.0 Å². The standard InChI is InChI=1S/C12H13F3OS/c13-9-12(14,15)7-4-8-17-11(16)10-5-2-1-3-6-10/h1-3,5-6H,4,7-9H2. The summed E-state index contributed by atoms with van der Waals surface area (Å²) >= 11 is 0.986. The van der Waals surface area contributed by atoms with Gasteiger partial charge >= 0.3 is 0 Å². The number of alkyl halides is 3. The topological polar surface area (TPSA) is 17.1 Å². The second-order valence-corrected chi connectivity index (χ2v) is 4.66. The summed E-state index contributed by atoms with van der Waals surface area (Å²) in [5, 5.41) is -0.144. The number of halogens is 3. The van der Waals surface area contributed by atoms with E-state index in [0.717, 1.165) is 11.8 Å². The number of benzene rings is 1. The summed E-state index contributed by atoms with van der Waals surface area (Å²) in [6.45, 7) is -1.63. The molecule has 5 heteroatoms. The zero-order valence-electron chi connectivity index (χ0n) is 9.17. The molecule has 0 aliphatic carbocycles. The van der Waals surface area contributed by atoms with Crippen molar-refractivity contribution >= 4 is 16.9 Å². The van der Waals surface area contributed by atoms with Crippen LogP contribution in [-0.2, 0) is 0 Å². The molecule has 0 aliphatic heterocycles. The van der Waals surface area contributed by atoms with Gasteiger partial charge in [0, 0.05) is 17.7 Å². The Labute approximate surface area is 102 Å². The predicted molar refractivity (Wildman–Crippen MR) is 63.4 cm³/mol. The van der Waals surface area contributed by atoms with Gasteiger partial charge in [0.15, 0.2) is 6.67 Å². The molecule has 0 saturated heterocycles. The van der Waals surface area contributed by atoms with Crippen LogP contribution in [0.3, 0.4) is 0 Å². The number of thioether (sulfide) groups is 1. The summed E-state index contributed by atoms with van der Waals surface area (Å²) in [5.41, 5.74) is 0.551. The van der Waals surface area contributed by atoms with Gasteiger partial charge in [-0.25, -0.2) is 13.2 Å². The molecule has 17 heavy (non-hydrogen) atoms. The number of carbonyl (C=O) groups is 1. The van der Waals surface area contributed by atoms with Crippen molar-refractivity contribution < 1.29 is 18.0 Å². The molecule has 0 amide bonds. The number of hydrogen-bond acceptors (Lipinski definition) is 2. The van der Waals surface area contributed by atoms with Crippen molar-refractivity contribution in [2.75, 3.05) is 12.4 Å². The first-order valence-electron chi connectivity index (χ1n) is 5.21. The molecule has 0 bridgehead atoms. The van der Waals surface area contributed by atoms with Crippen LogP contribution < -0.4 is 0 Å². The van der Waals surface area contributed by atoms with Crippen LogP contribution in [0.4, 0.5) is 13.2 Å². The summed E-state index contributed by atoms with van der Waals surface area (Å²) in [6, 6.07) is 8.62. The fourth-order valence-corrected chi connectivity index (χ4v) is 2.00. The second kappa shape index (κ2) is 6.69. The molecule has 0 aromatic heterocycles. The third-order valence-corrected chi connectivity index (χ3v) is 3.12. The summed E-state index contributed by atoms with van der Waals surface area (Å²) in [6.07, 6.45) is -0.390. The van der Waals surface area contributed by atoms with Crippen molar-refractivity contribution in [3.8, 4) is 0 Å². The number of carbonyl (C=O) groups excluding carboxylic acids is 1. The van der Waals surface area contributed by atoms with Crippen LogP contribution in [0, 0.1) is 0 Å². The molecule has 94 valence electrons. The van der Waals surface area contributed by atoms with E-state index in [1.54, 1.807) is 30.3 Å². The minimum absolute atomic E-state index is 0.125. The van der Waals surface area contributed by atoms with Crippen molar-refractivity contribution in [3.63, 3.8) is 0 Å². The first-order chi connectivity index (χ1) is 8.05. The summed E-state index contributed by atoms with van der Waals surface area (Å²) in [5.74, 6) is -2.97. The Morgan fingerprint density at radius 1 is 1.24 bits per heavy atom. The lowest BCUT2D eigenvalue weighted by Crippen LogP contribution is -2.18. The summed E-state index contributed by atoms with van der Waals surface area (Å²) < 4.78 is 36.9. The molecular weight excluding hydrogens is 249 g/mol. The van der Waals surface area contributed by atoms with E-state index in [-0.39, 0.29) is 17.3 Å². The number of rotatable bonds is 6. The lowest BCUT2D eigenvalue weighted by molar-refractivity contribution is -0.0302. The highest BCUT2D eigenvalue weighted by atomic mass is 32.2. The maximum atomic E-state index is 12.5. The second-order valence-electron chi connectivity index (χ2n) is 3.60. The lowest BCUT2D eigenvalue weighted by Gasteiger charge is -2.10. The van der Waals surface area contributed by atoms with Crippen LogP contribution in [-0.4, -0.2) is 23.5 Å². The van der Waals surface area contributed by atoms with E-state index >= 15 is 0 Å². The molecule has 1 aromatic carbocycles. The third kappa shape index (κ3) is 5.26. The Kier molecular flexibility index (Phi) is 5.55. The van der Waals surface area contributed by atoms with Crippen molar-refractivity contribution in [1.29, 1.82) is 0 Å². The molecule has 0 heterocycles. The molecule has 0 saturated carbocycles. The molecular formula is C12H13F3OS. The van der Waals surface area contributed by atoms with E-state index in [4.69, 9.17) is 0 Å². The molecule has 0 radical (unpaired) electrons. The highest BCUT2D eigenvalue weighted by Crippen LogP contribution is 2.22. The fraction of sp³-hybridized carbons (Fsp3) is 0.417. The maximum absolute atomic E-state index is 12.5. The molecule has 0 atom stereocenters. The molecule has 0 spiro atoms. The van der Waals surface area contributed by atoms with Gasteiger partial charge in [0.05, 0.1) is 0 Å². The van der Waals surface area contributed by atoms with Crippen LogP contribution in [0.25, 0.3) is 0 Å². The van der Waals surface area contributed by atoms with E-state index < -0.39 is 19.0 Å². The Hall–Kier alpha value is -0.970. The first kappa shape index (κ1) is 14.1. The van der Waals surface area contributed by atoms with Crippen molar-refractivity contribution in [2.45, 2.75) is 18.8 Å². The molecule has 0 N–H and O–H groups in total. The Morgan fingerprint density at radius 3 is 2.47 bits per heavy atom. The first-order valence-corrected chi connectivity index (χ1v) is 6.20. The predicted octanol–water partition coefficient (Wildman–Crippen LogP) is 3.95. The van der Waals surface area contributed by atoms with Gasteiger partial charge in [-0.3, -0.25) is 4.79 Å². The van der Waals surface area contributed by atoms with Crippen molar-refractivity contribution in [2.24, 2.45) is 0 Å². The zero-order valence-corrected chi connectivity index (χ0v) is 9.98. The van der Waals surface area contributed by atoms with Gasteiger partial charge in [-0.15, -0.1) is 0 Å². The normalized spacial score (nSPS) is 11.5. The van der Waals surface area contributed by atoms with Crippen molar-refractivity contribution in [3.05, 3.63) is 35.9 Å². The van der Waals surface area contributed by atoms with E-state index in [2.05, 4.69) is 0 Å². The highest BCUT2D eigenvalue weighted by molar-refractivity contribution is 8.14. The molecule has 0 unspecified atom stereocenters. The van der Waals surface area contributed by atoms with Gasteiger partial charge in [-0.2, -0.15) is 0 Å². The lowest BCUT2D eigenvalue weighted by atomic mass is 10.2.